The molecular formula is C12H16O5. The van der Waals surface area contributed by atoms with E-state index in [2.05, 4.69) is 0 Å². The Morgan fingerprint density at radius 3 is 2.94 bits per heavy atom. The first-order valence-corrected chi connectivity index (χ1v) is 5.70. The summed E-state index contributed by atoms with van der Waals surface area (Å²) in [6.07, 6.45) is 3.16. The Morgan fingerprint density at radius 1 is 1.65 bits per heavy atom. The number of carbonyl (C=O) groups excluding carboxylic acids is 2. The summed E-state index contributed by atoms with van der Waals surface area (Å²) < 4.78 is 9.67. The van der Waals surface area contributed by atoms with Gasteiger partial charge in [-0.3, -0.25) is 9.59 Å². The van der Waals surface area contributed by atoms with Gasteiger partial charge in [0.25, 0.3) is 0 Å². The largest absolute Gasteiger partial charge is 0.468 e. The molecule has 0 amide bonds. The molecule has 2 rings (SSSR count). The van der Waals surface area contributed by atoms with Crippen molar-refractivity contribution in [1.29, 1.82) is 0 Å². The topological polar surface area (TPSA) is 72.8 Å². The third-order valence-corrected chi connectivity index (χ3v) is 3.64. The Kier molecular flexibility index (Phi) is 2.73. The molecule has 2 unspecified atom stereocenters. The molecule has 1 heterocycles. The van der Waals surface area contributed by atoms with Crippen LogP contribution in [-0.2, 0) is 19.1 Å². The number of aliphatic hydroxyl groups is 1. The molecule has 1 fully saturated rings. The van der Waals surface area contributed by atoms with E-state index in [1.807, 2.05) is 6.92 Å². The Hall–Kier alpha value is -1.36. The summed E-state index contributed by atoms with van der Waals surface area (Å²) in [6.45, 7) is 1.97. The molecule has 2 atom stereocenters. The third kappa shape index (κ3) is 1.57. The number of esters is 2. The van der Waals surface area contributed by atoms with E-state index in [-0.39, 0.29) is 12.8 Å². The number of hydrogen-bond donors (Lipinski definition) is 1. The van der Waals surface area contributed by atoms with E-state index in [4.69, 9.17) is 9.47 Å². The third-order valence-electron chi connectivity index (χ3n) is 3.64. The van der Waals surface area contributed by atoms with Crippen molar-refractivity contribution in [1.82, 2.24) is 0 Å². The summed E-state index contributed by atoms with van der Waals surface area (Å²) in [5.41, 5.74) is -0.319. The molecule has 1 aliphatic carbocycles. The number of ether oxygens (including phenoxy) is 2. The molecule has 1 aliphatic heterocycles. The van der Waals surface area contributed by atoms with Gasteiger partial charge in [-0.2, -0.15) is 0 Å². The zero-order valence-electron chi connectivity index (χ0n) is 9.99. The Labute approximate surface area is 99.4 Å². The molecule has 5 heteroatoms. The van der Waals surface area contributed by atoms with Crippen LogP contribution in [-0.4, -0.2) is 29.9 Å². The van der Waals surface area contributed by atoms with Crippen LogP contribution in [0.2, 0.25) is 0 Å². The standard InChI is InChI=1S/C12H16O5/c1-3-8-4-5-12(15)11(6-8,10(14)16-2)7-9(13)17-12/h6,15H,3-5,7H2,1-2H3. The van der Waals surface area contributed by atoms with Crippen LogP contribution in [0, 0.1) is 5.41 Å². The molecule has 17 heavy (non-hydrogen) atoms. The van der Waals surface area contributed by atoms with Gasteiger partial charge in [-0.25, -0.2) is 0 Å². The van der Waals surface area contributed by atoms with E-state index in [1.54, 1.807) is 6.08 Å². The lowest BCUT2D eigenvalue weighted by Gasteiger charge is -2.38. The average Bonchev–Trinajstić information content (AvgIpc) is 2.58. The first kappa shape index (κ1) is 12.1. The SMILES string of the molecule is CCC1=CC2(C(=O)OC)CC(=O)OC2(O)CC1. The molecule has 1 N–H and O–H groups in total. The van der Waals surface area contributed by atoms with Gasteiger partial charge in [0.15, 0.2) is 5.41 Å². The lowest BCUT2D eigenvalue weighted by molar-refractivity contribution is -0.227. The highest BCUT2D eigenvalue weighted by Gasteiger charge is 2.65. The lowest BCUT2D eigenvalue weighted by Crippen LogP contribution is -2.51. The molecule has 0 aromatic rings. The molecule has 1 saturated heterocycles. The zero-order valence-corrected chi connectivity index (χ0v) is 9.99. The number of allylic oxidation sites excluding steroid dienone is 1. The fraction of sp³-hybridized carbons (Fsp3) is 0.667. The summed E-state index contributed by atoms with van der Waals surface area (Å²) in [5.74, 6) is -2.92. The van der Waals surface area contributed by atoms with Crippen LogP contribution in [0.5, 0.6) is 0 Å². The highest BCUT2D eigenvalue weighted by Crippen LogP contribution is 2.51. The van der Waals surface area contributed by atoms with Gasteiger partial charge in [0.1, 0.15) is 0 Å². The Balaban J connectivity index is 2.51. The minimum absolute atomic E-state index is 0.153. The monoisotopic (exact) mass is 240 g/mol. The van der Waals surface area contributed by atoms with Crippen molar-refractivity contribution in [3.63, 3.8) is 0 Å². The second kappa shape index (κ2) is 3.84. The van der Waals surface area contributed by atoms with Gasteiger partial charge in [-0.1, -0.05) is 18.6 Å². The predicted octanol–water partition coefficient (Wildman–Crippen LogP) is 0.911. The van der Waals surface area contributed by atoms with E-state index >= 15 is 0 Å². The summed E-state index contributed by atoms with van der Waals surface area (Å²) in [5, 5.41) is 10.4. The second-order valence-corrected chi connectivity index (χ2v) is 4.55. The number of fused-ring (bicyclic) bond motifs is 1. The first-order chi connectivity index (χ1) is 7.97. The van der Waals surface area contributed by atoms with Crippen molar-refractivity contribution in [2.45, 2.75) is 38.4 Å². The van der Waals surface area contributed by atoms with Crippen molar-refractivity contribution in [2.24, 2.45) is 5.41 Å². The lowest BCUT2D eigenvalue weighted by atomic mass is 9.70. The second-order valence-electron chi connectivity index (χ2n) is 4.55. The number of carbonyl (C=O) groups is 2. The number of methoxy groups -OCH3 is 1. The van der Waals surface area contributed by atoms with Gasteiger partial charge in [0.05, 0.1) is 13.5 Å². The summed E-state index contributed by atoms with van der Waals surface area (Å²) >= 11 is 0. The molecule has 5 nitrogen and oxygen atoms in total. The van der Waals surface area contributed by atoms with Crippen LogP contribution >= 0.6 is 0 Å². The summed E-state index contributed by atoms with van der Waals surface area (Å²) in [4.78, 5) is 23.3. The summed E-state index contributed by atoms with van der Waals surface area (Å²) in [7, 11) is 1.24. The maximum absolute atomic E-state index is 11.9. The van der Waals surface area contributed by atoms with E-state index in [0.29, 0.717) is 6.42 Å². The minimum Gasteiger partial charge on any atom is -0.468 e. The quantitative estimate of drug-likeness (QED) is 0.573. The molecule has 0 aromatic carbocycles. The van der Waals surface area contributed by atoms with Crippen LogP contribution in [0.25, 0.3) is 0 Å². The molecule has 0 spiro atoms. The van der Waals surface area contributed by atoms with Crippen molar-refractivity contribution in [3.05, 3.63) is 11.6 Å². The van der Waals surface area contributed by atoms with Gasteiger partial charge < -0.3 is 14.6 Å². The Bertz CT molecular complexity index is 400. The average molecular weight is 240 g/mol. The molecule has 0 bridgehead atoms. The van der Waals surface area contributed by atoms with Crippen LogP contribution in [0.15, 0.2) is 11.6 Å². The highest BCUT2D eigenvalue weighted by atomic mass is 16.7. The summed E-state index contributed by atoms with van der Waals surface area (Å²) in [6, 6.07) is 0. The molecule has 0 aromatic heterocycles. The van der Waals surface area contributed by atoms with Crippen molar-refractivity contribution in [2.75, 3.05) is 7.11 Å². The van der Waals surface area contributed by atoms with E-state index < -0.39 is 23.1 Å². The fourth-order valence-electron chi connectivity index (χ4n) is 2.62. The molecular weight excluding hydrogens is 224 g/mol. The van der Waals surface area contributed by atoms with Gasteiger partial charge >= 0.3 is 11.9 Å². The highest BCUT2D eigenvalue weighted by molar-refractivity contribution is 5.90. The van der Waals surface area contributed by atoms with Gasteiger partial charge in [0, 0.05) is 6.42 Å². The molecule has 0 radical (unpaired) electrons. The van der Waals surface area contributed by atoms with Crippen molar-refractivity contribution >= 4 is 11.9 Å². The van der Waals surface area contributed by atoms with Crippen LogP contribution < -0.4 is 0 Å². The van der Waals surface area contributed by atoms with Gasteiger partial charge in [-0.15, -0.1) is 0 Å². The van der Waals surface area contributed by atoms with Crippen molar-refractivity contribution in [3.8, 4) is 0 Å². The van der Waals surface area contributed by atoms with Gasteiger partial charge in [-0.05, 0) is 12.8 Å². The van der Waals surface area contributed by atoms with Crippen LogP contribution in [0.3, 0.4) is 0 Å². The first-order valence-electron chi connectivity index (χ1n) is 5.70. The maximum atomic E-state index is 11.9. The van der Waals surface area contributed by atoms with Crippen molar-refractivity contribution < 1.29 is 24.2 Å². The normalized spacial score (nSPS) is 35.9. The molecule has 0 saturated carbocycles. The fourth-order valence-corrected chi connectivity index (χ4v) is 2.62. The van der Waals surface area contributed by atoms with E-state index in [9.17, 15) is 14.7 Å². The smallest absolute Gasteiger partial charge is 0.323 e. The zero-order chi connectivity index (χ0) is 12.7. The molecule has 2 aliphatic rings. The number of rotatable bonds is 2. The van der Waals surface area contributed by atoms with E-state index in [0.717, 1.165) is 12.0 Å². The van der Waals surface area contributed by atoms with Crippen LogP contribution in [0.1, 0.15) is 32.6 Å². The maximum Gasteiger partial charge on any atom is 0.323 e. The van der Waals surface area contributed by atoms with Gasteiger partial charge in [0.2, 0.25) is 5.79 Å². The molecule has 94 valence electrons. The minimum atomic E-state index is -1.74. The Morgan fingerprint density at radius 2 is 2.35 bits per heavy atom. The van der Waals surface area contributed by atoms with Crippen LogP contribution in [0.4, 0.5) is 0 Å². The van der Waals surface area contributed by atoms with E-state index in [1.165, 1.54) is 7.11 Å². The number of hydrogen-bond acceptors (Lipinski definition) is 5. The predicted molar refractivity (Wildman–Crippen MR) is 57.7 cm³/mol.